The number of nitrogens with one attached hydrogen (secondary N) is 1. The average Bonchev–Trinajstić information content (AvgIpc) is 2.99. The SMILES string of the molecule is Cc1nc(C(=O)N(CCO)CC2CCCN2)no1. The maximum Gasteiger partial charge on any atom is 0.295 e. The van der Waals surface area contributed by atoms with Gasteiger partial charge in [0.2, 0.25) is 5.89 Å². The Morgan fingerprint density at radius 2 is 2.50 bits per heavy atom. The topological polar surface area (TPSA) is 91.5 Å². The van der Waals surface area contributed by atoms with Crippen LogP contribution in [0.25, 0.3) is 0 Å². The van der Waals surface area contributed by atoms with Crippen LogP contribution in [0.1, 0.15) is 29.4 Å². The highest BCUT2D eigenvalue weighted by molar-refractivity contribution is 5.90. The molecule has 7 heteroatoms. The zero-order valence-corrected chi connectivity index (χ0v) is 10.4. The molecular weight excluding hydrogens is 236 g/mol. The maximum absolute atomic E-state index is 12.1. The van der Waals surface area contributed by atoms with Crippen LogP contribution in [-0.2, 0) is 0 Å². The molecule has 1 unspecified atom stereocenters. The van der Waals surface area contributed by atoms with Gasteiger partial charge < -0.3 is 19.8 Å². The van der Waals surface area contributed by atoms with E-state index in [0.29, 0.717) is 12.4 Å². The van der Waals surface area contributed by atoms with Gasteiger partial charge in [-0.2, -0.15) is 4.98 Å². The first kappa shape index (κ1) is 13.0. The van der Waals surface area contributed by atoms with E-state index in [4.69, 9.17) is 9.63 Å². The molecule has 18 heavy (non-hydrogen) atoms. The summed E-state index contributed by atoms with van der Waals surface area (Å²) in [6, 6.07) is 0.286. The molecule has 2 N–H and O–H groups in total. The Balaban J connectivity index is 2.01. The van der Waals surface area contributed by atoms with Crippen LogP contribution in [0, 0.1) is 6.92 Å². The molecule has 1 amide bonds. The lowest BCUT2D eigenvalue weighted by molar-refractivity contribution is 0.0691. The molecule has 1 aromatic rings. The van der Waals surface area contributed by atoms with Crippen molar-refractivity contribution in [2.24, 2.45) is 0 Å². The van der Waals surface area contributed by atoms with E-state index < -0.39 is 0 Å². The highest BCUT2D eigenvalue weighted by atomic mass is 16.5. The van der Waals surface area contributed by atoms with Gasteiger partial charge in [-0.3, -0.25) is 4.79 Å². The van der Waals surface area contributed by atoms with Gasteiger partial charge in [0.1, 0.15) is 0 Å². The second kappa shape index (κ2) is 5.92. The number of hydrogen-bond donors (Lipinski definition) is 2. The third-order valence-corrected chi connectivity index (χ3v) is 2.98. The first-order valence-electron chi connectivity index (χ1n) is 6.14. The fourth-order valence-corrected chi connectivity index (χ4v) is 2.10. The van der Waals surface area contributed by atoms with Crippen molar-refractivity contribution < 1.29 is 14.4 Å². The smallest absolute Gasteiger partial charge is 0.295 e. The van der Waals surface area contributed by atoms with Gasteiger partial charge in [-0.1, -0.05) is 5.16 Å². The molecule has 7 nitrogen and oxygen atoms in total. The largest absolute Gasteiger partial charge is 0.395 e. The molecule has 0 saturated carbocycles. The Labute approximate surface area is 105 Å². The van der Waals surface area contributed by atoms with E-state index in [1.807, 2.05) is 0 Å². The standard InChI is InChI=1S/C11H18N4O3/c1-8-13-10(14-18-8)11(17)15(5-6-16)7-9-3-2-4-12-9/h9,12,16H,2-7H2,1H3. The van der Waals surface area contributed by atoms with Crippen molar-refractivity contribution in [3.8, 4) is 0 Å². The third kappa shape index (κ3) is 3.05. The molecule has 0 aromatic carbocycles. The van der Waals surface area contributed by atoms with Crippen LogP contribution in [0.15, 0.2) is 4.52 Å². The molecule has 1 atom stereocenters. The van der Waals surface area contributed by atoms with Crippen molar-refractivity contribution in [3.63, 3.8) is 0 Å². The number of carbonyl (C=O) groups excluding carboxylic acids is 1. The predicted molar refractivity (Wildman–Crippen MR) is 63.0 cm³/mol. The first-order valence-corrected chi connectivity index (χ1v) is 6.14. The number of aliphatic hydroxyl groups excluding tert-OH is 1. The second-order valence-electron chi connectivity index (χ2n) is 4.41. The van der Waals surface area contributed by atoms with E-state index in [0.717, 1.165) is 19.4 Å². The summed E-state index contributed by atoms with van der Waals surface area (Å²) in [5.74, 6) is 0.120. The van der Waals surface area contributed by atoms with Gasteiger partial charge in [0.05, 0.1) is 6.61 Å². The van der Waals surface area contributed by atoms with Crippen LogP contribution < -0.4 is 5.32 Å². The van der Waals surface area contributed by atoms with Gasteiger partial charge in [-0.25, -0.2) is 0 Å². The van der Waals surface area contributed by atoms with Crippen LogP contribution in [0.3, 0.4) is 0 Å². The summed E-state index contributed by atoms with van der Waals surface area (Å²) in [7, 11) is 0. The van der Waals surface area contributed by atoms with Gasteiger partial charge >= 0.3 is 0 Å². The monoisotopic (exact) mass is 254 g/mol. The van der Waals surface area contributed by atoms with Crippen molar-refractivity contribution in [3.05, 3.63) is 11.7 Å². The van der Waals surface area contributed by atoms with E-state index in [9.17, 15) is 4.79 Å². The van der Waals surface area contributed by atoms with Gasteiger partial charge in [-0.15, -0.1) is 0 Å². The van der Waals surface area contributed by atoms with E-state index in [1.54, 1.807) is 11.8 Å². The first-order chi connectivity index (χ1) is 8.70. The van der Waals surface area contributed by atoms with Crippen molar-refractivity contribution in [2.45, 2.75) is 25.8 Å². The van der Waals surface area contributed by atoms with Crippen molar-refractivity contribution in [1.82, 2.24) is 20.4 Å². The molecule has 1 aromatic heterocycles. The Kier molecular flexibility index (Phi) is 4.27. The Hall–Kier alpha value is -1.47. The van der Waals surface area contributed by atoms with Crippen LogP contribution in [0.4, 0.5) is 0 Å². The summed E-state index contributed by atoms with van der Waals surface area (Å²) in [5, 5.41) is 16.0. The lowest BCUT2D eigenvalue weighted by Gasteiger charge is -2.23. The fourth-order valence-electron chi connectivity index (χ4n) is 2.10. The fraction of sp³-hybridized carbons (Fsp3) is 0.727. The molecule has 1 aliphatic heterocycles. The molecular formula is C11H18N4O3. The van der Waals surface area contributed by atoms with Crippen LogP contribution >= 0.6 is 0 Å². The lowest BCUT2D eigenvalue weighted by Crippen LogP contribution is -2.42. The summed E-state index contributed by atoms with van der Waals surface area (Å²) in [6.07, 6.45) is 2.16. The summed E-state index contributed by atoms with van der Waals surface area (Å²) >= 11 is 0. The zero-order valence-electron chi connectivity index (χ0n) is 10.4. The van der Waals surface area contributed by atoms with Gasteiger partial charge in [0, 0.05) is 26.1 Å². The molecule has 2 rings (SSSR count). The molecule has 100 valence electrons. The number of aromatic nitrogens is 2. The Morgan fingerprint density at radius 3 is 3.06 bits per heavy atom. The number of carbonyl (C=O) groups is 1. The van der Waals surface area contributed by atoms with Gasteiger partial charge in [-0.05, 0) is 19.4 Å². The van der Waals surface area contributed by atoms with Crippen molar-refractivity contribution >= 4 is 5.91 Å². The summed E-state index contributed by atoms with van der Waals surface area (Å²) < 4.78 is 4.80. The summed E-state index contributed by atoms with van der Waals surface area (Å²) in [6.45, 7) is 3.39. The van der Waals surface area contributed by atoms with Crippen molar-refractivity contribution in [2.75, 3.05) is 26.2 Å². The third-order valence-electron chi connectivity index (χ3n) is 2.98. The zero-order chi connectivity index (χ0) is 13.0. The number of nitrogens with zero attached hydrogens (tertiary/aromatic N) is 3. The number of aliphatic hydroxyl groups is 1. The van der Waals surface area contributed by atoms with E-state index in [1.165, 1.54) is 0 Å². The van der Waals surface area contributed by atoms with E-state index in [2.05, 4.69) is 15.5 Å². The molecule has 0 radical (unpaired) electrons. The summed E-state index contributed by atoms with van der Waals surface area (Å²) in [4.78, 5) is 17.6. The molecule has 0 bridgehead atoms. The van der Waals surface area contributed by atoms with Gasteiger partial charge in [0.15, 0.2) is 0 Å². The average molecular weight is 254 g/mol. The van der Waals surface area contributed by atoms with E-state index >= 15 is 0 Å². The molecule has 2 heterocycles. The maximum atomic E-state index is 12.1. The quantitative estimate of drug-likeness (QED) is 0.740. The molecule has 1 aliphatic rings. The highest BCUT2D eigenvalue weighted by Crippen LogP contribution is 2.09. The van der Waals surface area contributed by atoms with Crippen LogP contribution in [-0.4, -0.2) is 58.3 Å². The minimum Gasteiger partial charge on any atom is -0.395 e. The minimum atomic E-state index is -0.297. The Bertz CT molecular complexity index is 401. The number of aryl methyl sites for hydroxylation is 1. The van der Waals surface area contributed by atoms with Crippen LogP contribution in [0.5, 0.6) is 0 Å². The van der Waals surface area contributed by atoms with E-state index in [-0.39, 0.29) is 30.9 Å². The number of amides is 1. The van der Waals surface area contributed by atoms with Crippen LogP contribution in [0.2, 0.25) is 0 Å². The van der Waals surface area contributed by atoms with Gasteiger partial charge in [0.25, 0.3) is 11.7 Å². The lowest BCUT2D eigenvalue weighted by atomic mass is 10.2. The summed E-state index contributed by atoms with van der Waals surface area (Å²) in [5.41, 5.74) is 0. The normalized spacial score (nSPS) is 19.1. The second-order valence-corrected chi connectivity index (χ2v) is 4.41. The molecule has 0 spiro atoms. The number of hydrogen-bond acceptors (Lipinski definition) is 6. The predicted octanol–water partition coefficient (Wildman–Crippen LogP) is -0.435. The number of rotatable bonds is 5. The Morgan fingerprint density at radius 1 is 1.67 bits per heavy atom. The molecule has 1 fully saturated rings. The minimum absolute atomic E-state index is 0.0546. The molecule has 1 saturated heterocycles. The molecule has 0 aliphatic carbocycles. The highest BCUT2D eigenvalue weighted by Gasteiger charge is 2.24. The van der Waals surface area contributed by atoms with Crippen molar-refractivity contribution in [1.29, 1.82) is 0 Å².